The molecule has 104 valence electrons. The van der Waals surface area contributed by atoms with Crippen LogP contribution >= 0.6 is 11.8 Å². The minimum atomic E-state index is 0.492. The highest BCUT2D eigenvalue weighted by Gasteiger charge is 2.09. The molecule has 1 unspecified atom stereocenters. The number of aromatic nitrogens is 2. The number of thioether (sulfide) groups is 1. The van der Waals surface area contributed by atoms with Gasteiger partial charge >= 0.3 is 0 Å². The number of nitrogens with zero attached hydrogens (tertiary/aromatic N) is 1. The van der Waals surface area contributed by atoms with Crippen molar-refractivity contribution in [1.29, 1.82) is 0 Å². The molecule has 1 atom stereocenters. The largest absolute Gasteiger partial charge is 0.494 e. The Bertz CT molecular complexity index is 526. The maximum atomic E-state index is 5.49. The van der Waals surface area contributed by atoms with Gasteiger partial charge in [-0.3, -0.25) is 0 Å². The number of fused-ring (bicyclic) bond motifs is 1. The molecule has 19 heavy (non-hydrogen) atoms. The zero-order valence-corrected chi connectivity index (χ0v) is 12.5. The van der Waals surface area contributed by atoms with E-state index < -0.39 is 0 Å². The van der Waals surface area contributed by atoms with E-state index in [1.165, 1.54) is 0 Å². The van der Waals surface area contributed by atoms with E-state index in [1.807, 2.05) is 25.1 Å². The van der Waals surface area contributed by atoms with Crippen molar-refractivity contribution in [3.8, 4) is 5.75 Å². The molecule has 2 aromatic rings. The minimum Gasteiger partial charge on any atom is -0.494 e. The van der Waals surface area contributed by atoms with Crippen molar-refractivity contribution in [3.05, 3.63) is 18.2 Å². The number of hydrogen-bond acceptors (Lipinski definition) is 4. The van der Waals surface area contributed by atoms with Crippen LogP contribution in [0.5, 0.6) is 5.75 Å². The molecular formula is C14H21N3OS. The van der Waals surface area contributed by atoms with E-state index in [-0.39, 0.29) is 0 Å². The smallest absolute Gasteiger partial charge is 0.166 e. The summed E-state index contributed by atoms with van der Waals surface area (Å²) in [7, 11) is 0. The molecule has 0 amide bonds. The first-order chi connectivity index (χ1) is 9.22. The molecule has 1 heterocycles. The van der Waals surface area contributed by atoms with Gasteiger partial charge in [0.15, 0.2) is 5.16 Å². The number of aromatic amines is 1. The number of H-pyrrole nitrogens is 1. The topological polar surface area (TPSA) is 49.9 Å². The second-order valence-electron chi connectivity index (χ2n) is 4.39. The summed E-state index contributed by atoms with van der Waals surface area (Å²) in [6.07, 6.45) is 0. The third-order valence-electron chi connectivity index (χ3n) is 2.74. The van der Waals surface area contributed by atoms with Crippen LogP contribution < -0.4 is 10.1 Å². The Labute approximate surface area is 118 Å². The number of hydrogen-bond donors (Lipinski definition) is 2. The van der Waals surface area contributed by atoms with Crippen molar-refractivity contribution in [2.24, 2.45) is 0 Å². The molecule has 0 aliphatic rings. The highest BCUT2D eigenvalue weighted by molar-refractivity contribution is 7.99. The predicted molar refractivity (Wildman–Crippen MR) is 81.1 cm³/mol. The molecule has 1 aromatic heterocycles. The molecule has 2 rings (SSSR count). The van der Waals surface area contributed by atoms with Gasteiger partial charge in [-0.2, -0.15) is 0 Å². The minimum absolute atomic E-state index is 0.492. The van der Waals surface area contributed by atoms with Crippen LogP contribution in [0.15, 0.2) is 23.4 Å². The SMILES string of the molecule is CCNCC(C)Sc1nc2ccc(OCC)cc2[nH]1. The summed E-state index contributed by atoms with van der Waals surface area (Å²) in [5.74, 6) is 0.885. The van der Waals surface area contributed by atoms with Gasteiger partial charge in [0, 0.05) is 17.9 Å². The van der Waals surface area contributed by atoms with E-state index in [2.05, 4.69) is 29.1 Å². The fourth-order valence-electron chi connectivity index (χ4n) is 1.86. The number of benzene rings is 1. The highest BCUT2D eigenvalue weighted by atomic mass is 32.2. The maximum Gasteiger partial charge on any atom is 0.166 e. The second-order valence-corrected chi connectivity index (χ2v) is 5.82. The number of imidazole rings is 1. The van der Waals surface area contributed by atoms with E-state index in [0.29, 0.717) is 11.9 Å². The van der Waals surface area contributed by atoms with Crippen LogP contribution in [0.2, 0.25) is 0 Å². The molecule has 0 fully saturated rings. The first kappa shape index (κ1) is 14.2. The molecule has 0 radical (unpaired) electrons. The van der Waals surface area contributed by atoms with Crippen molar-refractivity contribution in [1.82, 2.24) is 15.3 Å². The lowest BCUT2D eigenvalue weighted by molar-refractivity contribution is 0.340. The van der Waals surface area contributed by atoms with Gasteiger partial charge in [-0.1, -0.05) is 25.6 Å². The number of ether oxygens (including phenoxy) is 1. The zero-order valence-electron chi connectivity index (χ0n) is 11.7. The monoisotopic (exact) mass is 279 g/mol. The molecule has 0 aliphatic carbocycles. The lowest BCUT2D eigenvalue weighted by atomic mass is 10.3. The van der Waals surface area contributed by atoms with Crippen LogP contribution in [-0.2, 0) is 0 Å². The van der Waals surface area contributed by atoms with E-state index >= 15 is 0 Å². The van der Waals surface area contributed by atoms with Gasteiger partial charge in [0.2, 0.25) is 0 Å². The second kappa shape index (κ2) is 6.82. The zero-order chi connectivity index (χ0) is 13.7. The summed E-state index contributed by atoms with van der Waals surface area (Å²) in [6.45, 7) is 8.98. The average molecular weight is 279 g/mol. The van der Waals surface area contributed by atoms with Crippen molar-refractivity contribution in [2.45, 2.75) is 31.2 Å². The normalized spacial score (nSPS) is 12.8. The van der Waals surface area contributed by atoms with E-state index in [1.54, 1.807) is 11.8 Å². The van der Waals surface area contributed by atoms with Crippen LogP contribution in [-0.4, -0.2) is 34.9 Å². The summed E-state index contributed by atoms with van der Waals surface area (Å²) in [5.41, 5.74) is 2.02. The van der Waals surface area contributed by atoms with Crippen LogP contribution in [0.4, 0.5) is 0 Å². The predicted octanol–water partition coefficient (Wildman–Crippen LogP) is 3.05. The molecule has 2 N–H and O–H groups in total. The fraction of sp³-hybridized carbons (Fsp3) is 0.500. The van der Waals surface area contributed by atoms with Crippen molar-refractivity contribution < 1.29 is 4.74 Å². The van der Waals surface area contributed by atoms with Crippen LogP contribution in [0.1, 0.15) is 20.8 Å². The Morgan fingerprint density at radius 1 is 1.42 bits per heavy atom. The first-order valence-corrected chi connectivity index (χ1v) is 7.60. The summed E-state index contributed by atoms with van der Waals surface area (Å²) in [5, 5.41) is 4.80. The average Bonchev–Trinajstić information content (AvgIpc) is 2.78. The van der Waals surface area contributed by atoms with Crippen LogP contribution in [0.3, 0.4) is 0 Å². The Hall–Kier alpha value is -1.20. The molecule has 0 aliphatic heterocycles. The molecule has 5 heteroatoms. The summed E-state index contributed by atoms with van der Waals surface area (Å²) in [4.78, 5) is 7.93. The Morgan fingerprint density at radius 2 is 2.26 bits per heavy atom. The van der Waals surface area contributed by atoms with E-state index in [0.717, 1.165) is 35.0 Å². The van der Waals surface area contributed by atoms with Crippen molar-refractivity contribution >= 4 is 22.8 Å². The molecule has 0 saturated heterocycles. The standard InChI is InChI=1S/C14H21N3OS/c1-4-15-9-10(3)19-14-16-12-7-6-11(18-5-2)8-13(12)17-14/h6-8,10,15H,4-5,9H2,1-3H3,(H,16,17). The molecule has 4 nitrogen and oxygen atoms in total. The lowest BCUT2D eigenvalue weighted by Crippen LogP contribution is -2.22. The maximum absolute atomic E-state index is 5.49. The van der Waals surface area contributed by atoms with Crippen LogP contribution in [0, 0.1) is 0 Å². The van der Waals surface area contributed by atoms with Crippen LogP contribution in [0.25, 0.3) is 11.0 Å². The summed E-state index contributed by atoms with van der Waals surface area (Å²) in [6, 6.07) is 5.96. The molecule has 0 spiro atoms. The van der Waals surface area contributed by atoms with Crippen molar-refractivity contribution in [3.63, 3.8) is 0 Å². The van der Waals surface area contributed by atoms with Gasteiger partial charge in [0.05, 0.1) is 17.6 Å². The third-order valence-corrected chi connectivity index (χ3v) is 3.72. The number of rotatable bonds is 7. The lowest BCUT2D eigenvalue weighted by Gasteiger charge is -2.08. The van der Waals surface area contributed by atoms with Gasteiger partial charge in [0.25, 0.3) is 0 Å². The van der Waals surface area contributed by atoms with Gasteiger partial charge in [-0.05, 0) is 25.6 Å². The summed E-state index contributed by atoms with van der Waals surface area (Å²) < 4.78 is 5.49. The fourth-order valence-corrected chi connectivity index (χ4v) is 2.76. The molecular weight excluding hydrogens is 258 g/mol. The van der Waals surface area contributed by atoms with Crippen molar-refractivity contribution in [2.75, 3.05) is 19.7 Å². The highest BCUT2D eigenvalue weighted by Crippen LogP contribution is 2.25. The quantitative estimate of drug-likeness (QED) is 0.765. The third kappa shape index (κ3) is 3.88. The Morgan fingerprint density at radius 3 is 3.00 bits per heavy atom. The van der Waals surface area contributed by atoms with Gasteiger partial charge in [0.1, 0.15) is 5.75 Å². The summed E-state index contributed by atoms with van der Waals surface area (Å²) >= 11 is 1.76. The Kier molecular flexibility index (Phi) is 5.10. The van der Waals surface area contributed by atoms with Gasteiger partial charge in [-0.25, -0.2) is 4.98 Å². The molecule has 1 aromatic carbocycles. The molecule has 0 saturated carbocycles. The Balaban J connectivity index is 2.08. The van der Waals surface area contributed by atoms with Gasteiger partial charge < -0.3 is 15.0 Å². The molecule has 0 bridgehead atoms. The van der Waals surface area contributed by atoms with Gasteiger partial charge in [-0.15, -0.1) is 0 Å². The first-order valence-electron chi connectivity index (χ1n) is 6.72. The number of nitrogens with one attached hydrogen (secondary N) is 2. The van der Waals surface area contributed by atoms with E-state index in [4.69, 9.17) is 4.74 Å². The van der Waals surface area contributed by atoms with E-state index in [9.17, 15) is 0 Å².